The normalized spacial score (nSPS) is 11.7. The van der Waals surface area contributed by atoms with Crippen LogP contribution < -0.4 is 10.5 Å². The van der Waals surface area contributed by atoms with Crippen LogP contribution in [0.1, 0.15) is 12.5 Å². The van der Waals surface area contributed by atoms with Crippen LogP contribution in [-0.2, 0) is 16.6 Å². The molecular weight excluding hydrogens is 420 g/mol. The van der Waals surface area contributed by atoms with Crippen molar-refractivity contribution >= 4 is 38.6 Å². The lowest BCUT2D eigenvalue weighted by Crippen LogP contribution is -2.15. The van der Waals surface area contributed by atoms with Crippen molar-refractivity contribution in [1.29, 1.82) is 0 Å². The zero-order valence-electron chi connectivity index (χ0n) is 16.5. The first kappa shape index (κ1) is 20.3. The fourth-order valence-corrected chi connectivity index (χ4v) is 5.55. The van der Waals surface area contributed by atoms with E-state index in [2.05, 4.69) is 4.72 Å². The van der Waals surface area contributed by atoms with Crippen LogP contribution in [0.4, 0.5) is 5.69 Å². The number of oxazole rings is 1. The molecule has 0 unspecified atom stereocenters. The second kappa shape index (κ2) is 8.04. The van der Waals surface area contributed by atoms with Gasteiger partial charge in [0.25, 0.3) is 10.0 Å². The summed E-state index contributed by atoms with van der Waals surface area (Å²) in [5, 5.41) is 0. The van der Waals surface area contributed by atoms with Crippen LogP contribution in [-0.4, -0.2) is 13.0 Å². The molecule has 154 valence electrons. The molecule has 0 amide bonds. The zero-order valence-corrected chi connectivity index (χ0v) is 18.1. The number of para-hydroxylation sites is 1. The number of hydrogen-bond acceptors (Lipinski definition) is 5. The van der Waals surface area contributed by atoms with Crippen molar-refractivity contribution in [3.63, 3.8) is 0 Å². The maximum Gasteiger partial charge on any atom is 0.419 e. The number of hydrogen-bond donors (Lipinski definition) is 1. The summed E-state index contributed by atoms with van der Waals surface area (Å²) >= 11 is 1.47. The Bertz CT molecular complexity index is 1370. The van der Waals surface area contributed by atoms with Crippen LogP contribution in [0.2, 0.25) is 0 Å². The van der Waals surface area contributed by atoms with E-state index in [4.69, 9.17) is 4.42 Å². The van der Waals surface area contributed by atoms with Gasteiger partial charge in [-0.15, -0.1) is 0 Å². The Hall–Kier alpha value is -2.97. The third kappa shape index (κ3) is 3.88. The van der Waals surface area contributed by atoms with Crippen molar-refractivity contribution < 1.29 is 12.8 Å². The van der Waals surface area contributed by atoms with E-state index in [0.717, 1.165) is 9.79 Å². The summed E-state index contributed by atoms with van der Waals surface area (Å²) in [4.78, 5) is 13.8. The van der Waals surface area contributed by atoms with Gasteiger partial charge >= 0.3 is 5.76 Å². The lowest BCUT2D eigenvalue weighted by molar-refractivity contribution is 0.512. The van der Waals surface area contributed by atoms with Crippen molar-refractivity contribution in [2.24, 2.45) is 0 Å². The van der Waals surface area contributed by atoms with Gasteiger partial charge in [-0.05, 0) is 49.7 Å². The summed E-state index contributed by atoms with van der Waals surface area (Å²) in [6.07, 6.45) is 0. The molecule has 0 aliphatic rings. The third-order valence-corrected chi connectivity index (χ3v) is 7.26. The molecule has 30 heavy (non-hydrogen) atoms. The molecule has 0 saturated carbocycles. The van der Waals surface area contributed by atoms with Crippen LogP contribution in [0.15, 0.2) is 90.6 Å². The second-order valence-electron chi connectivity index (χ2n) is 6.71. The summed E-state index contributed by atoms with van der Waals surface area (Å²) in [5.74, 6) is -0.501. The van der Waals surface area contributed by atoms with Gasteiger partial charge in [-0.1, -0.05) is 42.1 Å². The number of anilines is 1. The first-order valence-corrected chi connectivity index (χ1v) is 11.7. The Balaban J connectivity index is 1.72. The van der Waals surface area contributed by atoms with E-state index >= 15 is 0 Å². The summed E-state index contributed by atoms with van der Waals surface area (Å²) in [6.45, 7) is 3.98. The number of nitrogens with zero attached hydrogens (tertiary/aromatic N) is 1. The fourth-order valence-electron chi connectivity index (χ4n) is 3.24. The Kier molecular flexibility index (Phi) is 5.44. The van der Waals surface area contributed by atoms with Crippen molar-refractivity contribution in [3.8, 4) is 0 Å². The Morgan fingerprint density at radius 2 is 1.73 bits per heavy atom. The smallest absolute Gasteiger partial charge is 0.408 e. The molecule has 4 aromatic rings. The molecule has 4 rings (SSSR count). The van der Waals surface area contributed by atoms with Crippen LogP contribution in [0, 0.1) is 6.92 Å². The lowest BCUT2D eigenvalue weighted by atomic mass is 10.2. The summed E-state index contributed by atoms with van der Waals surface area (Å²) in [5.41, 5.74) is 1.85. The van der Waals surface area contributed by atoms with Gasteiger partial charge < -0.3 is 4.42 Å². The molecule has 0 saturated heterocycles. The topological polar surface area (TPSA) is 81.3 Å². The van der Waals surface area contributed by atoms with Gasteiger partial charge in [0.2, 0.25) is 0 Å². The maximum atomic E-state index is 13.2. The van der Waals surface area contributed by atoms with E-state index in [9.17, 15) is 13.2 Å². The second-order valence-corrected chi connectivity index (χ2v) is 9.48. The highest BCUT2D eigenvalue weighted by atomic mass is 32.2. The van der Waals surface area contributed by atoms with Gasteiger partial charge in [0.1, 0.15) is 0 Å². The average Bonchev–Trinajstić information content (AvgIpc) is 3.03. The van der Waals surface area contributed by atoms with Crippen molar-refractivity contribution in [2.75, 3.05) is 4.72 Å². The van der Waals surface area contributed by atoms with Crippen molar-refractivity contribution in [2.45, 2.75) is 35.1 Å². The minimum Gasteiger partial charge on any atom is -0.408 e. The highest BCUT2D eigenvalue weighted by Crippen LogP contribution is 2.34. The Morgan fingerprint density at radius 1 is 1.03 bits per heavy atom. The van der Waals surface area contributed by atoms with Gasteiger partial charge in [-0.3, -0.25) is 9.29 Å². The van der Waals surface area contributed by atoms with Crippen LogP contribution in [0.5, 0.6) is 0 Å². The fraction of sp³-hybridized carbons (Fsp3) is 0.136. The van der Waals surface area contributed by atoms with Crippen LogP contribution in [0.25, 0.3) is 11.1 Å². The summed E-state index contributed by atoms with van der Waals surface area (Å²) < 4.78 is 35.8. The van der Waals surface area contributed by atoms with E-state index < -0.39 is 15.8 Å². The molecule has 0 aliphatic heterocycles. The highest BCUT2D eigenvalue weighted by molar-refractivity contribution is 7.99. The molecule has 1 heterocycles. The molecule has 0 atom stereocenters. The molecular formula is C22H20N2O4S2. The summed E-state index contributed by atoms with van der Waals surface area (Å²) in [7, 11) is -3.90. The maximum absolute atomic E-state index is 13.2. The molecule has 0 spiro atoms. The van der Waals surface area contributed by atoms with E-state index in [1.54, 1.807) is 25.1 Å². The molecule has 3 aromatic carbocycles. The first-order valence-electron chi connectivity index (χ1n) is 9.38. The van der Waals surface area contributed by atoms with Gasteiger partial charge in [-0.25, -0.2) is 13.2 Å². The quantitative estimate of drug-likeness (QED) is 0.462. The number of aromatic nitrogens is 1. The molecule has 1 N–H and O–H groups in total. The van der Waals surface area contributed by atoms with E-state index in [0.29, 0.717) is 23.3 Å². The van der Waals surface area contributed by atoms with Crippen molar-refractivity contribution in [3.05, 3.63) is 82.8 Å². The van der Waals surface area contributed by atoms with Gasteiger partial charge in [0, 0.05) is 22.4 Å². The Morgan fingerprint density at radius 3 is 2.47 bits per heavy atom. The molecule has 0 aliphatic carbocycles. The predicted molar refractivity (Wildman–Crippen MR) is 119 cm³/mol. The molecule has 6 nitrogen and oxygen atoms in total. The monoisotopic (exact) mass is 440 g/mol. The van der Waals surface area contributed by atoms with Crippen LogP contribution in [0.3, 0.4) is 0 Å². The molecule has 0 fully saturated rings. The average molecular weight is 441 g/mol. The van der Waals surface area contributed by atoms with E-state index in [1.807, 2.05) is 49.4 Å². The zero-order chi connectivity index (χ0) is 21.3. The SMILES string of the molecule is CCn1c(=O)oc2cc(S(=O)(=O)Nc3ccccc3Sc3ccccc3)c(C)cc21. The van der Waals surface area contributed by atoms with Crippen molar-refractivity contribution in [1.82, 2.24) is 4.57 Å². The van der Waals surface area contributed by atoms with Gasteiger partial charge in [0.05, 0.1) is 16.1 Å². The molecule has 8 heteroatoms. The predicted octanol–water partition coefficient (Wildman–Crippen LogP) is 4.87. The summed E-state index contributed by atoms with van der Waals surface area (Å²) in [6, 6.07) is 20.1. The number of aryl methyl sites for hydroxylation is 2. The number of sulfonamides is 1. The lowest BCUT2D eigenvalue weighted by Gasteiger charge is -2.14. The van der Waals surface area contributed by atoms with E-state index in [1.165, 1.54) is 22.4 Å². The number of benzene rings is 3. The largest absolute Gasteiger partial charge is 0.419 e. The number of nitrogens with one attached hydrogen (secondary N) is 1. The third-order valence-electron chi connectivity index (χ3n) is 4.67. The minimum absolute atomic E-state index is 0.0755. The van der Waals surface area contributed by atoms with Crippen LogP contribution >= 0.6 is 11.8 Å². The first-order chi connectivity index (χ1) is 14.4. The highest BCUT2D eigenvalue weighted by Gasteiger charge is 2.22. The molecule has 1 aromatic heterocycles. The minimum atomic E-state index is -3.90. The number of rotatable bonds is 6. The van der Waals surface area contributed by atoms with E-state index in [-0.39, 0.29) is 10.5 Å². The van der Waals surface area contributed by atoms with Gasteiger partial charge in [0.15, 0.2) is 5.58 Å². The molecule has 0 radical (unpaired) electrons. The standard InChI is InChI=1S/C22H20N2O4S2/c1-3-24-18-13-15(2)21(14-19(18)28-22(24)25)30(26,27)23-17-11-7-8-12-20(17)29-16-9-5-4-6-10-16/h4-14,23H,3H2,1-2H3. The molecule has 0 bridgehead atoms. The number of fused-ring (bicyclic) bond motifs is 1. The van der Waals surface area contributed by atoms with Gasteiger partial charge in [-0.2, -0.15) is 0 Å². The Labute approximate surface area is 178 Å².